The Kier molecular flexibility index (Phi) is 2.12. The van der Waals surface area contributed by atoms with Crippen molar-refractivity contribution in [2.45, 2.75) is 24.9 Å². The third kappa shape index (κ3) is 1.57. The van der Waals surface area contributed by atoms with E-state index in [4.69, 9.17) is 5.11 Å². The smallest absolute Gasteiger partial charge is 0.337 e. The molecule has 1 fully saturated rings. The minimum Gasteiger partial charge on any atom is -0.478 e. The van der Waals surface area contributed by atoms with Gasteiger partial charge in [0.1, 0.15) is 5.82 Å². The highest BCUT2D eigenvalue weighted by atomic mass is 16.4. The van der Waals surface area contributed by atoms with Crippen molar-refractivity contribution in [2.75, 3.05) is 0 Å². The molecule has 17 heavy (non-hydrogen) atoms. The van der Waals surface area contributed by atoms with Gasteiger partial charge in [-0.05, 0) is 25.0 Å². The van der Waals surface area contributed by atoms with Crippen LogP contribution in [0.4, 0.5) is 0 Å². The number of pyridine rings is 1. The molecule has 6 heteroatoms. The van der Waals surface area contributed by atoms with Crippen LogP contribution in [0.1, 0.15) is 34.9 Å². The minimum absolute atomic E-state index is 0.170. The first-order valence-corrected chi connectivity index (χ1v) is 5.41. The lowest BCUT2D eigenvalue weighted by atomic mass is 9.82. The molecule has 3 rings (SSSR count). The molecule has 0 radical (unpaired) electrons. The lowest BCUT2D eigenvalue weighted by Crippen LogP contribution is -2.28. The van der Waals surface area contributed by atoms with Crippen molar-refractivity contribution in [2.24, 2.45) is 0 Å². The maximum atomic E-state index is 10.9. The van der Waals surface area contributed by atoms with Crippen molar-refractivity contribution < 1.29 is 15.0 Å². The summed E-state index contributed by atoms with van der Waals surface area (Å²) < 4.78 is 1.69. The van der Waals surface area contributed by atoms with Gasteiger partial charge in [-0.2, -0.15) is 0 Å². The van der Waals surface area contributed by atoms with Crippen LogP contribution in [0.2, 0.25) is 0 Å². The number of nitrogens with zero attached hydrogens (tertiary/aromatic N) is 3. The average Bonchev–Trinajstić information content (AvgIpc) is 2.67. The number of aliphatic hydroxyl groups excluding tert-OH is 1. The normalized spacial score (nSPS) is 23.6. The molecule has 2 aromatic rings. The number of fused-ring (bicyclic) bond motifs is 1. The third-order valence-corrected chi connectivity index (χ3v) is 3.15. The van der Waals surface area contributed by atoms with E-state index in [1.54, 1.807) is 10.5 Å². The van der Waals surface area contributed by atoms with E-state index in [-0.39, 0.29) is 17.6 Å². The Labute approximate surface area is 96.5 Å². The predicted octanol–water partition coefficient (Wildman–Crippen LogP) is 0.666. The van der Waals surface area contributed by atoms with Gasteiger partial charge in [-0.3, -0.25) is 4.40 Å². The van der Waals surface area contributed by atoms with Crippen LogP contribution in [-0.4, -0.2) is 36.9 Å². The van der Waals surface area contributed by atoms with E-state index in [1.807, 2.05) is 0 Å². The second-order valence-electron chi connectivity index (χ2n) is 4.33. The molecule has 2 N–H and O–H groups in total. The first-order valence-electron chi connectivity index (χ1n) is 5.41. The molecule has 2 heterocycles. The molecule has 0 aromatic carbocycles. The van der Waals surface area contributed by atoms with Crippen molar-refractivity contribution in [1.82, 2.24) is 14.6 Å². The quantitative estimate of drug-likeness (QED) is 0.795. The second-order valence-corrected chi connectivity index (χ2v) is 4.33. The van der Waals surface area contributed by atoms with Crippen LogP contribution in [0.15, 0.2) is 18.3 Å². The van der Waals surface area contributed by atoms with Gasteiger partial charge >= 0.3 is 5.97 Å². The molecule has 1 aliphatic rings. The van der Waals surface area contributed by atoms with E-state index < -0.39 is 5.97 Å². The average molecular weight is 233 g/mol. The minimum atomic E-state index is -0.972. The summed E-state index contributed by atoms with van der Waals surface area (Å²) in [5.74, 6) is -0.0716. The summed E-state index contributed by atoms with van der Waals surface area (Å²) in [6, 6.07) is 3.14. The predicted molar refractivity (Wildman–Crippen MR) is 57.9 cm³/mol. The summed E-state index contributed by atoms with van der Waals surface area (Å²) in [4.78, 5) is 10.9. The van der Waals surface area contributed by atoms with Gasteiger partial charge in [-0.25, -0.2) is 4.79 Å². The highest BCUT2D eigenvalue weighted by Gasteiger charge is 2.32. The van der Waals surface area contributed by atoms with Crippen molar-refractivity contribution in [3.8, 4) is 0 Å². The fourth-order valence-corrected chi connectivity index (χ4v) is 2.11. The fourth-order valence-electron chi connectivity index (χ4n) is 2.11. The van der Waals surface area contributed by atoms with Crippen molar-refractivity contribution >= 4 is 11.6 Å². The molecule has 1 aliphatic carbocycles. The highest BCUT2D eigenvalue weighted by molar-refractivity contribution is 5.87. The summed E-state index contributed by atoms with van der Waals surface area (Å²) >= 11 is 0. The molecule has 0 spiro atoms. The van der Waals surface area contributed by atoms with Gasteiger partial charge in [0.2, 0.25) is 0 Å². The van der Waals surface area contributed by atoms with Crippen LogP contribution in [0.3, 0.4) is 0 Å². The Morgan fingerprint density at radius 2 is 2.12 bits per heavy atom. The topological polar surface area (TPSA) is 87.7 Å². The van der Waals surface area contributed by atoms with E-state index in [9.17, 15) is 9.90 Å². The highest BCUT2D eigenvalue weighted by Crippen LogP contribution is 2.35. The van der Waals surface area contributed by atoms with Gasteiger partial charge in [0.15, 0.2) is 5.65 Å². The van der Waals surface area contributed by atoms with Crippen molar-refractivity contribution in [1.29, 1.82) is 0 Å². The number of rotatable bonds is 2. The second kappa shape index (κ2) is 3.53. The molecule has 88 valence electrons. The van der Waals surface area contributed by atoms with E-state index in [2.05, 4.69) is 10.2 Å². The molecule has 1 saturated carbocycles. The largest absolute Gasteiger partial charge is 0.478 e. The van der Waals surface area contributed by atoms with Crippen LogP contribution < -0.4 is 0 Å². The van der Waals surface area contributed by atoms with Gasteiger partial charge in [-0.15, -0.1) is 10.2 Å². The van der Waals surface area contributed by atoms with Crippen LogP contribution >= 0.6 is 0 Å². The maximum Gasteiger partial charge on any atom is 0.337 e. The van der Waals surface area contributed by atoms with E-state index >= 15 is 0 Å². The number of aromatic carboxylic acids is 1. The Morgan fingerprint density at radius 1 is 1.35 bits per heavy atom. The van der Waals surface area contributed by atoms with E-state index in [0.29, 0.717) is 18.5 Å². The number of carbonyl (C=O) groups is 1. The molecule has 0 aliphatic heterocycles. The van der Waals surface area contributed by atoms with Gasteiger partial charge in [0.05, 0.1) is 11.7 Å². The van der Waals surface area contributed by atoms with Gasteiger partial charge in [0.25, 0.3) is 0 Å². The lowest BCUT2D eigenvalue weighted by Gasteiger charge is -2.29. The number of carboxylic acids is 1. The van der Waals surface area contributed by atoms with Crippen LogP contribution in [0.25, 0.3) is 5.65 Å². The molecular weight excluding hydrogens is 222 g/mol. The van der Waals surface area contributed by atoms with Gasteiger partial charge in [0, 0.05) is 12.1 Å². The van der Waals surface area contributed by atoms with Crippen LogP contribution in [-0.2, 0) is 0 Å². The summed E-state index contributed by atoms with van der Waals surface area (Å²) in [6.07, 6.45) is 2.59. The monoisotopic (exact) mass is 233 g/mol. The summed E-state index contributed by atoms with van der Waals surface area (Å²) in [7, 11) is 0. The standard InChI is InChI=1S/C11H11N3O3/c15-8-3-7(4-8)10-13-12-9-2-1-6(11(16)17)5-14(9)10/h1-2,5,7-8,15H,3-4H2,(H,16,17). The Hall–Kier alpha value is -1.95. The maximum absolute atomic E-state index is 10.9. The molecule has 0 atom stereocenters. The third-order valence-electron chi connectivity index (χ3n) is 3.15. The van der Waals surface area contributed by atoms with Crippen molar-refractivity contribution in [3.05, 3.63) is 29.7 Å². The zero-order valence-electron chi connectivity index (χ0n) is 8.95. The van der Waals surface area contributed by atoms with E-state index in [0.717, 1.165) is 5.82 Å². The lowest BCUT2D eigenvalue weighted by molar-refractivity contribution is 0.0689. The number of aromatic nitrogens is 3. The number of hydrogen-bond donors (Lipinski definition) is 2. The van der Waals surface area contributed by atoms with Gasteiger partial charge < -0.3 is 10.2 Å². The molecule has 0 unspecified atom stereocenters. The van der Waals surface area contributed by atoms with Crippen molar-refractivity contribution in [3.63, 3.8) is 0 Å². The number of hydrogen-bond acceptors (Lipinski definition) is 4. The fraction of sp³-hybridized carbons (Fsp3) is 0.364. The molecular formula is C11H11N3O3. The zero-order chi connectivity index (χ0) is 12.0. The molecule has 2 aromatic heterocycles. The van der Waals surface area contributed by atoms with Gasteiger partial charge in [-0.1, -0.05) is 0 Å². The molecule has 6 nitrogen and oxygen atoms in total. The first kappa shape index (κ1) is 10.2. The first-order chi connectivity index (χ1) is 8.15. The molecule has 0 saturated heterocycles. The van der Waals surface area contributed by atoms with E-state index in [1.165, 1.54) is 12.3 Å². The summed E-state index contributed by atoms with van der Waals surface area (Å²) in [6.45, 7) is 0. The molecule has 0 amide bonds. The zero-order valence-corrected chi connectivity index (χ0v) is 8.95. The Balaban J connectivity index is 2.07. The Bertz CT molecular complexity index is 587. The number of aliphatic hydroxyl groups is 1. The van der Waals surface area contributed by atoms with Crippen LogP contribution in [0.5, 0.6) is 0 Å². The summed E-state index contributed by atoms with van der Waals surface area (Å²) in [5.41, 5.74) is 0.838. The van der Waals surface area contributed by atoms with Crippen LogP contribution in [0, 0.1) is 0 Å². The molecule has 0 bridgehead atoms. The number of carboxylic acid groups (broad SMARTS) is 1. The Morgan fingerprint density at radius 3 is 2.76 bits per heavy atom. The summed E-state index contributed by atoms with van der Waals surface area (Å²) in [5, 5.41) is 26.3. The SMILES string of the molecule is O=C(O)c1ccc2nnc(C3CC(O)C3)n2c1.